The molecular formula is C31H27N3O2. The number of rotatable bonds is 6. The highest BCUT2D eigenvalue weighted by molar-refractivity contribution is 5.78. The fourth-order valence-corrected chi connectivity index (χ4v) is 6.71. The maximum absolute atomic E-state index is 6.35. The van der Waals surface area contributed by atoms with Crippen molar-refractivity contribution in [3.05, 3.63) is 108 Å². The molecule has 178 valence electrons. The van der Waals surface area contributed by atoms with Crippen LogP contribution in [0.25, 0.3) is 22.4 Å². The van der Waals surface area contributed by atoms with Crippen molar-refractivity contribution in [3.8, 4) is 17.2 Å². The number of para-hydroxylation sites is 1. The summed E-state index contributed by atoms with van der Waals surface area (Å²) in [6.07, 6.45) is 6.38. The van der Waals surface area contributed by atoms with Gasteiger partial charge in [0.25, 0.3) is 0 Å². The molecule has 0 radical (unpaired) electrons. The van der Waals surface area contributed by atoms with E-state index in [0.717, 1.165) is 40.2 Å². The Kier molecular flexibility index (Phi) is 5.09. The molecule has 0 saturated heterocycles. The Morgan fingerprint density at radius 1 is 0.917 bits per heavy atom. The van der Waals surface area contributed by atoms with Gasteiger partial charge in [0.15, 0.2) is 0 Å². The molecule has 3 aromatic carbocycles. The number of benzene rings is 3. The number of hydrogen-bond donors (Lipinski definition) is 0. The molecule has 2 aromatic heterocycles. The van der Waals surface area contributed by atoms with Crippen LogP contribution in [-0.2, 0) is 12.0 Å². The van der Waals surface area contributed by atoms with Crippen LogP contribution in [0, 0.1) is 11.8 Å². The lowest BCUT2D eigenvalue weighted by atomic mass is 9.63. The van der Waals surface area contributed by atoms with Crippen molar-refractivity contribution >= 4 is 10.9 Å². The zero-order valence-electron chi connectivity index (χ0n) is 20.0. The third kappa shape index (κ3) is 3.49. The van der Waals surface area contributed by atoms with Crippen LogP contribution >= 0.6 is 0 Å². The lowest BCUT2D eigenvalue weighted by Crippen LogP contribution is -2.34. The van der Waals surface area contributed by atoms with Gasteiger partial charge in [-0.2, -0.15) is 0 Å². The van der Waals surface area contributed by atoms with E-state index in [4.69, 9.17) is 14.1 Å². The molecule has 0 spiro atoms. The summed E-state index contributed by atoms with van der Waals surface area (Å²) in [5.74, 6) is 2.73. The van der Waals surface area contributed by atoms with Crippen LogP contribution in [-0.4, -0.2) is 15.2 Å². The summed E-state index contributed by atoms with van der Waals surface area (Å²) in [5, 5.41) is 9.40. The Bertz CT molecular complexity index is 1520. The van der Waals surface area contributed by atoms with Crippen molar-refractivity contribution in [2.75, 3.05) is 0 Å². The Morgan fingerprint density at radius 3 is 2.61 bits per heavy atom. The van der Waals surface area contributed by atoms with Gasteiger partial charge in [0.05, 0.1) is 11.2 Å². The third-order valence-corrected chi connectivity index (χ3v) is 8.24. The number of fused-ring (bicyclic) bond motifs is 3. The molecule has 2 aliphatic rings. The molecule has 2 saturated carbocycles. The predicted molar refractivity (Wildman–Crippen MR) is 138 cm³/mol. The lowest BCUT2D eigenvalue weighted by molar-refractivity contribution is 0.295. The van der Waals surface area contributed by atoms with E-state index in [-0.39, 0.29) is 5.41 Å². The van der Waals surface area contributed by atoms with Crippen LogP contribution in [0.2, 0.25) is 0 Å². The second kappa shape index (κ2) is 8.59. The first kappa shape index (κ1) is 21.3. The maximum atomic E-state index is 6.35. The standard InChI is InChI=1S/C31H27N3O2/c1-2-7-23(8-3-1)31(18-21-10-12-24(31)16-21)28-17-26(14-15-27(28)30-34-32-20-36-30)35-19-25-13-11-22-6-4-5-9-29(22)33-25/h1-9,11,13-15,17,20-21,24H,10,12,16,18-19H2. The number of nitrogens with zero attached hydrogens (tertiary/aromatic N) is 3. The van der Waals surface area contributed by atoms with E-state index in [1.807, 2.05) is 30.3 Å². The molecule has 5 heteroatoms. The molecule has 0 amide bonds. The molecule has 0 aliphatic heterocycles. The fourth-order valence-electron chi connectivity index (χ4n) is 6.71. The van der Waals surface area contributed by atoms with Gasteiger partial charge in [0.2, 0.25) is 12.3 Å². The summed E-state index contributed by atoms with van der Waals surface area (Å²) in [6, 6.07) is 29.6. The third-order valence-electron chi connectivity index (χ3n) is 8.24. The van der Waals surface area contributed by atoms with Gasteiger partial charge in [0, 0.05) is 16.4 Å². The zero-order valence-corrected chi connectivity index (χ0v) is 20.0. The average Bonchev–Trinajstić information content (AvgIpc) is 3.71. The smallest absolute Gasteiger partial charge is 0.247 e. The van der Waals surface area contributed by atoms with Crippen molar-refractivity contribution in [1.29, 1.82) is 0 Å². The predicted octanol–water partition coefficient (Wildman–Crippen LogP) is 6.97. The van der Waals surface area contributed by atoms with Gasteiger partial charge >= 0.3 is 0 Å². The SMILES string of the molecule is c1ccc(C2(c3cc(OCc4ccc5ccccc5n4)ccc3-c3nnco3)CC3CCC2C3)cc1. The van der Waals surface area contributed by atoms with E-state index in [0.29, 0.717) is 18.4 Å². The number of pyridine rings is 1. The average molecular weight is 474 g/mol. The number of aromatic nitrogens is 3. The fraction of sp³-hybridized carbons (Fsp3) is 0.258. The van der Waals surface area contributed by atoms with Gasteiger partial charge in [-0.1, -0.05) is 61.0 Å². The van der Waals surface area contributed by atoms with Gasteiger partial charge in [0.1, 0.15) is 12.4 Å². The quantitative estimate of drug-likeness (QED) is 0.266. The van der Waals surface area contributed by atoms with Crippen molar-refractivity contribution in [3.63, 3.8) is 0 Å². The van der Waals surface area contributed by atoms with E-state index in [2.05, 4.69) is 64.8 Å². The molecule has 3 unspecified atom stereocenters. The summed E-state index contributed by atoms with van der Waals surface area (Å²) in [6.45, 7) is 0.411. The molecule has 3 atom stereocenters. The second-order valence-corrected chi connectivity index (χ2v) is 10.2. The molecule has 7 rings (SSSR count). The zero-order chi connectivity index (χ0) is 24.0. The highest BCUT2D eigenvalue weighted by Gasteiger charge is 2.53. The molecule has 2 heterocycles. The van der Waals surface area contributed by atoms with Gasteiger partial charge in [-0.05, 0) is 72.6 Å². The second-order valence-electron chi connectivity index (χ2n) is 10.2. The number of ether oxygens (including phenoxy) is 1. The van der Waals surface area contributed by atoms with Crippen LogP contribution in [0.15, 0.2) is 95.7 Å². The topological polar surface area (TPSA) is 61.0 Å². The first-order valence-corrected chi connectivity index (χ1v) is 12.7. The normalized spacial score (nSPS) is 22.8. The molecule has 5 nitrogen and oxygen atoms in total. The number of hydrogen-bond acceptors (Lipinski definition) is 5. The first-order chi connectivity index (χ1) is 17.8. The Hall–Kier alpha value is -3.99. The highest BCUT2D eigenvalue weighted by atomic mass is 16.5. The van der Waals surface area contributed by atoms with Gasteiger partial charge in [-0.25, -0.2) is 4.98 Å². The molecule has 2 fully saturated rings. The highest BCUT2D eigenvalue weighted by Crippen LogP contribution is 2.61. The first-order valence-electron chi connectivity index (χ1n) is 12.7. The van der Waals surface area contributed by atoms with Crippen LogP contribution in [0.4, 0.5) is 0 Å². The van der Waals surface area contributed by atoms with Gasteiger partial charge in [-0.3, -0.25) is 0 Å². The summed E-state index contributed by atoms with van der Waals surface area (Å²) in [4.78, 5) is 4.78. The van der Waals surface area contributed by atoms with Crippen LogP contribution < -0.4 is 4.74 Å². The Labute approximate surface area is 210 Å². The maximum Gasteiger partial charge on any atom is 0.247 e. The van der Waals surface area contributed by atoms with Gasteiger partial charge in [-0.15, -0.1) is 10.2 Å². The van der Waals surface area contributed by atoms with Gasteiger partial charge < -0.3 is 9.15 Å². The minimum Gasteiger partial charge on any atom is -0.487 e. The van der Waals surface area contributed by atoms with E-state index < -0.39 is 0 Å². The minimum atomic E-state index is -0.0887. The molecular weight excluding hydrogens is 446 g/mol. The lowest BCUT2D eigenvalue weighted by Gasteiger charge is -2.40. The van der Waals surface area contributed by atoms with Crippen molar-refractivity contribution in [2.24, 2.45) is 11.8 Å². The minimum absolute atomic E-state index is 0.0887. The summed E-state index contributed by atoms with van der Waals surface area (Å²) < 4.78 is 12.1. The van der Waals surface area contributed by atoms with Crippen LogP contribution in [0.3, 0.4) is 0 Å². The van der Waals surface area contributed by atoms with E-state index >= 15 is 0 Å². The summed E-state index contributed by atoms with van der Waals surface area (Å²) in [7, 11) is 0. The summed E-state index contributed by atoms with van der Waals surface area (Å²) in [5.41, 5.74) is 5.40. The molecule has 0 N–H and O–H groups in total. The Balaban J connectivity index is 1.30. The van der Waals surface area contributed by atoms with Crippen molar-refractivity contribution in [1.82, 2.24) is 15.2 Å². The summed E-state index contributed by atoms with van der Waals surface area (Å²) >= 11 is 0. The van der Waals surface area contributed by atoms with Crippen LogP contribution in [0.5, 0.6) is 5.75 Å². The van der Waals surface area contributed by atoms with Crippen molar-refractivity contribution < 1.29 is 9.15 Å². The molecule has 2 bridgehead atoms. The van der Waals surface area contributed by atoms with Crippen molar-refractivity contribution in [2.45, 2.75) is 37.7 Å². The van der Waals surface area contributed by atoms with E-state index in [1.165, 1.54) is 36.8 Å². The largest absolute Gasteiger partial charge is 0.487 e. The molecule has 5 aromatic rings. The molecule has 36 heavy (non-hydrogen) atoms. The Morgan fingerprint density at radius 2 is 1.81 bits per heavy atom. The van der Waals surface area contributed by atoms with E-state index in [1.54, 1.807) is 0 Å². The van der Waals surface area contributed by atoms with E-state index in [9.17, 15) is 0 Å². The van der Waals surface area contributed by atoms with Crippen LogP contribution in [0.1, 0.15) is 42.5 Å². The monoisotopic (exact) mass is 473 g/mol. The molecule has 2 aliphatic carbocycles.